The summed E-state index contributed by atoms with van der Waals surface area (Å²) in [5.41, 5.74) is 2.37. The summed E-state index contributed by atoms with van der Waals surface area (Å²) in [7, 11) is -2.27. The highest BCUT2D eigenvalue weighted by Gasteiger charge is 2.35. The smallest absolute Gasteiger partial charge is 0.247 e. The molecule has 4 aromatic rings. The standard InChI is InChI=1S/C30H30FN3O7S/c1-38-30(11-13-39-14-12-30)23-15-20(16-24(31)17-23)18-40-19-26(34-35)29-33-27(21-5-3-2-4-6-21)28(41-29)22-7-9-25(10-8-22)42(32,36)37/h2-10,15-17,35H,11-14,18-19H2,1H3,(H2,32,36,37)/b34-26+. The van der Waals surface area contributed by atoms with E-state index in [1.54, 1.807) is 19.2 Å². The molecule has 1 aliphatic rings. The third-order valence-electron chi connectivity index (χ3n) is 7.17. The fourth-order valence-corrected chi connectivity index (χ4v) is 5.45. The zero-order valence-corrected chi connectivity index (χ0v) is 23.6. The lowest BCUT2D eigenvalue weighted by Gasteiger charge is -2.36. The molecule has 0 unspecified atom stereocenters. The van der Waals surface area contributed by atoms with Gasteiger partial charge in [0.2, 0.25) is 15.9 Å². The van der Waals surface area contributed by atoms with Crippen LogP contribution >= 0.6 is 0 Å². The van der Waals surface area contributed by atoms with Crippen molar-refractivity contribution in [2.75, 3.05) is 26.9 Å². The molecule has 0 spiro atoms. The molecule has 1 aromatic heterocycles. The van der Waals surface area contributed by atoms with Gasteiger partial charge in [0.15, 0.2) is 11.5 Å². The average molecular weight is 596 g/mol. The highest BCUT2D eigenvalue weighted by Crippen LogP contribution is 2.37. The SMILES string of the molecule is COC1(c2cc(F)cc(COC/C(=N\O)c3nc(-c4ccccc4)c(-c4ccc(S(N)(=O)=O)cc4)o3)c2)CCOCC1. The zero-order chi connectivity index (χ0) is 29.7. The molecule has 220 valence electrons. The number of nitrogens with two attached hydrogens (primary N) is 1. The molecule has 2 heterocycles. The van der Waals surface area contributed by atoms with Crippen molar-refractivity contribution in [3.05, 3.63) is 95.6 Å². The molecule has 3 N–H and O–H groups in total. The Morgan fingerprint density at radius 1 is 1.07 bits per heavy atom. The van der Waals surface area contributed by atoms with Gasteiger partial charge in [-0.15, -0.1) is 0 Å². The van der Waals surface area contributed by atoms with Gasteiger partial charge in [-0.25, -0.2) is 22.9 Å². The maximum atomic E-state index is 14.6. The van der Waals surface area contributed by atoms with E-state index >= 15 is 0 Å². The lowest BCUT2D eigenvalue weighted by atomic mass is 9.85. The number of oxazole rings is 1. The van der Waals surface area contributed by atoms with Gasteiger partial charge in [0.05, 0.1) is 23.7 Å². The normalized spacial score (nSPS) is 15.5. The number of aromatic nitrogens is 1. The molecule has 0 radical (unpaired) electrons. The van der Waals surface area contributed by atoms with Crippen LogP contribution < -0.4 is 5.14 Å². The Bertz CT molecular complexity index is 1670. The van der Waals surface area contributed by atoms with Crippen LogP contribution in [0.4, 0.5) is 4.39 Å². The summed E-state index contributed by atoms with van der Waals surface area (Å²) in [4.78, 5) is 4.52. The Morgan fingerprint density at radius 2 is 1.79 bits per heavy atom. The molecule has 42 heavy (non-hydrogen) atoms. The molecule has 1 fully saturated rings. The second kappa shape index (κ2) is 12.5. The van der Waals surface area contributed by atoms with Crippen molar-refractivity contribution in [3.63, 3.8) is 0 Å². The molecular formula is C30H30FN3O7S. The molecule has 5 rings (SSSR count). The zero-order valence-electron chi connectivity index (χ0n) is 22.8. The number of primary sulfonamides is 1. The van der Waals surface area contributed by atoms with Gasteiger partial charge in [-0.3, -0.25) is 0 Å². The predicted octanol–water partition coefficient (Wildman–Crippen LogP) is 4.84. The van der Waals surface area contributed by atoms with E-state index in [2.05, 4.69) is 10.1 Å². The number of methoxy groups -OCH3 is 1. The lowest BCUT2D eigenvalue weighted by molar-refractivity contribution is -0.0949. The Kier molecular flexibility index (Phi) is 8.80. The Morgan fingerprint density at radius 3 is 2.43 bits per heavy atom. The van der Waals surface area contributed by atoms with Gasteiger partial charge < -0.3 is 23.8 Å². The van der Waals surface area contributed by atoms with Crippen LogP contribution in [0.2, 0.25) is 0 Å². The third kappa shape index (κ3) is 6.42. The first-order chi connectivity index (χ1) is 20.2. The number of ether oxygens (including phenoxy) is 3. The highest BCUT2D eigenvalue weighted by atomic mass is 32.2. The molecule has 0 bridgehead atoms. The van der Waals surface area contributed by atoms with Crippen LogP contribution in [0.1, 0.15) is 29.9 Å². The van der Waals surface area contributed by atoms with Crippen LogP contribution in [0.5, 0.6) is 0 Å². The van der Waals surface area contributed by atoms with E-state index in [4.69, 9.17) is 23.8 Å². The number of oxime groups is 1. The summed E-state index contributed by atoms with van der Waals surface area (Å²) < 4.78 is 61.1. The predicted molar refractivity (Wildman–Crippen MR) is 152 cm³/mol. The van der Waals surface area contributed by atoms with Gasteiger partial charge in [-0.2, -0.15) is 0 Å². The summed E-state index contributed by atoms with van der Waals surface area (Å²) in [5.74, 6) is -0.0832. The molecule has 12 heteroatoms. The van der Waals surface area contributed by atoms with Crippen LogP contribution in [0.15, 0.2) is 87.3 Å². The minimum absolute atomic E-state index is 0.00217. The maximum Gasteiger partial charge on any atom is 0.247 e. The minimum atomic E-state index is -3.88. The van der Waals surface area contributed by atoms with Gasteiger partial charge in [0, 0.05) is 44.3 Å². The number of halogens is 1. The molecule has 1 aliphatic heterocycles. The van der Waals surface area contributed by atoms with Gasteiger partial charge in [0.1, 0.15) is 11.5 Å². The topological polar surface area (TPSA) is 146 Å². The van der Waals surface area contributed by atoms with Crippen molar-refractivity contribution in [3.8, 4) is 22.6 Å². The average Bonchev–Trinajstić information content (AvgIpc) is 3.45. The quantitative estimate of drug-likeness (QED) is 0.150. The van der Waals surface area contributed by atoms with Crippen molar-refractivity contribution < 1.29 is 36.6 Å². The number of hydrogen-bond acceptors (Lipinski definition) is 9. The van der Waals surface area contributed by atoms with E-state index < -0.39 is 21.4 Å². The first-order valence-corrected chi connectivity index (χ1v) is 14.7. The van der Waals surface area contributed by atoms with Gasteiger partial charge in [0.25, 0.3) is 0 Å². The lowest BCUT2D eigenvalue weighted by Crippen LogP contribution is -2.35. The monoisotopic (exact) mass is 595 g/mol. The number of nitrogens with zero attached hydrogens (tertiary/aromatic N) is 2. The number of hydrogen-bond donors (Lipinski definition) is 2. The maximum absolute atomic E-state index is 14.6. The highest BCUT2D eigenvalue weighted by molar-refractivity contribution is 7.89. The Balaban J connectivity index is 1.38. The van der Waals surface area contributed by atoms with E-state index in [1.165, 1.54) is 24.3 Å². The molecular weight excluding hydrogens is 565 g/mol. The summed E-state index contributed by atoms with van der Waals surface area (Å²) in [6.45, 7) is 0.871. The van der Waals surface area contributed by atoms with E-state index in [1.807, 2.05) is 36.4 Å². The van der Waals surface area contributed by atoms with Gasteiger partial charge in [-0.1, -0.05) is 41.6 Å². The van der Waals surface area contributed by atoms with Crippen LogP contribution in [0, 0.1) is 5.82 Å². The van der Waals surface area contributed by atoms with Crippen LogP contribution in [0.3, 0.4) is 0 Å². The van der Waals surface area contributed by atoms with Crippen molar-refractivity contribution >= 4 is 15.7 Å². The second-order valence-corrected chi connectivity index (χ2v) is 11.4. The molecule has 0 aliphatic carbocycles. The first kappa shape index (κ1) is 29.5. The molecule has 0 atom stereocenters. The van der Waals surface area contributed by atoms with Crippen molar-refractivity contribution in [2.45, 2.75) is 29.9 Å². The van der Waals surface area contributed by atoms with Gasteiger partial charge >= 0.3 is 0 Å². The Hall–Kier alpha value is -3.94. The molecule has 10 nitrogen and oxygen atoms in total. The molecule has 3 aromatic carbocycles. The minimum Gasteiger partial charge on any atom is -0.434 e. The number of sulfonamides is 1. The van der Waals surface area contributed by atoms with E-state index in [9.17, 15) is 18.0 Å². The van der Waals surface area contributed by atoms with Crippen molar-refractivity contribution in [1.82, 2.24) is 4.98 Å². The summed E-state index contributed by atoms with van der Waals surface area (Å²) >= 11 is 0. The molecule has 0 saturated carbocycles. The van der Waals surface area contributed by atoms with E-state index in [0.717, 1.165) is 5.56 Å². The second-order valence-electron chi connectivity index (χ2n) is 9.83. The number of benzene rings is 3. The van der Waals surface area contributed by atoms with E-state index in [0.29, 0.717) is 54.2 Å². The third-order valence-corrected chi connectivity index (χ3v) is 8.10. The Labute approximate surface area is 242 Å². The van der Waals surface area contributed by atoms with Crippen LogP contribution in [0.25, 0.3) is 22.6 Å². The summed E-state index contributed by atoms with van der Waals surface area (Å²) in [6.07, 6.45) is 1.21. The van der Waals surface area contributed by atoms with Crippen LogP contribution in [-0.4, -0.2) is 51.3 Å². The largest absolute Gasteiger partial charge is 0.434 e. The van der Waals surface area contributed by atoms with Crippen molar-refractivity contribution in [1.29, 1.82) is 0 Å². The number of rotatable bonds is 10. The fraction of sp³-hybridized carbons (Fsp3) is 0.267. The molecule has 0 amide bonds. The molecule has 1 saturated heterocycles. The van der Waals surface area contributed by atoms with Crippen molar-refractivity contribution in [2.24, 2.45) is 10.3 Å². The summed E-state index contributed by atoms with van der Waals surface area (Å²) in [5, 5.41) is 18.4. The van der Waals surface area contributed by atoms with E-state index in [-0.39, 0.29) is 29.7 Å². The first-order valence-electron chi connectivity index (χ1n) is 13.1. The van der Waals surface area contributed by atoms with Crippen LogP contribution in [-0.2, 0) is 36.4 Å². The van der Waals surface area contributed by atoms with Gasteiger partial charge in [-0.05, 0) is 47.5 Å². The fourth-order valence-electron chi connectivity index (χ4n) is 4.93. The summed E-state index contributed by atoms with van der Waals surface area (Å²) in [6, 6.07) is 19.7.